The van der Waals surface area contributed by atoms with Gasteiger partial charge >= 0.3 is 0 Å². The molecular weight excluding hydrogens is 508 g/mol. The molecule has 0 spiro atoms. The van der Waals surface area contributed by atoms with Crippen LogP contribution >= 0.6 is 11.6 Å². The molecule has 9 nitrogen and oxygen atoms in total. The number of amides is 3. The second-order valence-corrected chi connectivity index (χ2v) is 10.3. The van der Waals surface area contributed by atoms with Gasteiger partial charge in [-0.2, -0.15) is 0 Å². The molecule has 0 aliphatic rings. The lowest BCUT2D eigenvalue weighted by atomic mass is 10.00. The van der Waals surface area contributed by atoms with Crippen molar-refractivity contribution in [1.82, 2.24) is 15.4 Å². The van der Waals surface area contributed by atoms with E-state index >= 15 is 0 Å². The number of nitrogens with one attached hydrogen (secondary N) is 2. The minimum Gasteiger partial charge on any atom is -0.497 e. The molecule has 3 aromatic rings. The summed E-state index contributed by atoms with van der Waals surface area (Å²) < 4.78 is 10.2. The lowest BCUT2D eigenvalue weighted by Gasteiger charge is -2.34. The zero-order valence-electron chi connectivity index (χ0n) is 22.2. The number of carbonyl (C=O) groups excluding carboxylic acids is 3. The fourth-order valence-electron chi connectivity index (χ4n) is 3.83. The molecule has 38 heavy (non-hydrogen) atoms. The minimum atomic E-state index is -1.03. The molecular formula is C28H33ClN4O5. The first-order valence-electron chi connectivity index (χ1n) is 12.2. The lowest BCUT2D eigenvalue weighted by molar-refractivity contribution is -0.142. The highest BCUT2D eigenvalue weighted by molar-refractivity contribution is 6.31. The van der Waals surface area contributed by atoms with Crippen molar-refractivity contribution >= 4 is 35.1 Å². The van der Waals surface area contributed by atoms with E-state index in [9.17, 15) is 14.4 Å². The van der Waals surface area contributed by atoms with Crippen LogP contribution in [0.4, 0.5) is 5.82 Å². The average Bonchev–Trinajstić information content (AvgIpc) is 3.26. The van der Waals surface area contributed by atoms with E-state index in [1.807, 2.05) is 32.9 Å². The van der Waals surface area contributed by atoms with Crippen LogP contribution in [0.3, 0.4) is 0 Å². The van der Waals surface area contributed by atoms with Gasteiger partial charge in [0, 0.05) is 41.6 Å². The monoisotopic (exact) mass is 540 g/mol. The van der Waals surface area contributed by atoms with Crippen molar-refractivity contribution in [2.45, 2.75) is 58.7 Å². The number of benzene rings is 2. The van der Waals surface area contributed by atoms with Crippen LogP contribution in [0, 0.1) is 6.92 Å². The van der Waals surface area contributed by atoms with E-state index in [1.54, 1.807) is 56.5 Å². The maximum atomic E-state index is 13.7. The van der Waals surface area contributed by atoms with Gasteiger partial charge in [0.15, 0.2) is 5.82 Å². The van der Waals surface area contributed by atoms with Gasteiger partial charge in [-0.25, -0.2) is 0 Å². The smallest absolute Gasteiger partial charge is 0.247 e. The molecule has 0 saturated heterocycles. The molecule has 0 radical (unpaired) electrons. The van der Waals surface area contributed by atoms with E-state index in [4.69, 9.17) is 20.9 Å². The summed E-state index contributed by atoms with van der Waals surface area (Å²) >= 11 is 6.53. The fraction of sp³-hybridized carbons (Fsp3) is 0.357. The minimum absolute atomic E-state index is 0.111. The van der Waals surface area contributed by atoms with Gasteiger partial charge in [0.2, 0.25) is 17.7 Å². The Bertz CT molecular complexity index is 1270. The number of hydrogen-bond donors (Lipinski definition) is 2. The highest BCUT2D eigenvalue weighted by Gasteiger charge is 2.34. The number of methoxy groups -OCH3 is 1. The number of ether oxygens (including phenoxy) is 1. The number of aryl methyl sites for hydroxylation is 1. The number of aromatic nitrogens is 1. The van der Waals surface area contributed by atoms with Gasteiger partial charge in [0.1, 0.15) is 17.6 Å². The zero-order valence-corrected chi connectivity index (χ0v) is 23.0. The first-order valence-corrected chi connectivity index (χ1v) is 12.6. The predicted molar refractivity (Wildman–Crippen MR) is 145 cm³/mol. The van der Waals surface area contributed by atoms with Crippen LogP contribution in [0.25, 0.3) is 0 Å². The number of halogens is 1. The number of rotatable bonds is 10. The molecule has 3 rings (SSSR count). The fourth-order valence-corrected chi connectivity index (χ4v) is 4.07. The molecule has 0 saturated carbocycles. The Kier molecular flexibility index (Phi) is 9.52. The topological polar surface area (TPSA) is 114 Å². The summed E-state index contributed by atoms with van der Waals surface area (Å²) in [7, 11) is 1.57. The SMILES string of the molecule is COc1ccc(CN(C(=O)CCC(=O)Nc2cc(C)on2)[C@H](C(=O)NC(C)(C)C)c2ccccc2Cl)cc1. The molecule has 1 atom stereocenters. The number of anilines is 1. The van der Waals surface area contributed by atoms with Gasteiger partial charge in [0.25, 0.3) is 0 Å². The predicted octanol–water partition coefficient (Wildman–Crippen LogP) is 5.05. The summed E-state index contributed by atoms with van der Waals surface area (Å²) in [6.45, 7) is 7.40. The van der Waals surface area contributed by atoms with Gasteiger partial charge in [-0.1, -0.05) is 47.1 Å². The number of carbonyl (C=O) groups is 3. The van der Waals surface area contributed by atoms with Crippen LogP contribution in [0.2, 0.25) is 5.02 Å². The van der Waals surface area contributed by atoms with Crippen molar-refractivity contribution < 1.29 is 23.6 Å². The van der Waals surface area contributed by atoms with E-state index < -0.39 is 17.5 Å². The summed E-state index contributed by atoms with van der Waals surface area (Å²) in [5.74, 6) is 0.322. The normalized spacial score (nSPS) is 11.9. The second-order valence-electron chi connectivity index (χ2n) is 9.90. The van der Waals surface area contributed by atoms with Crippen molar-refractivity contribution in [2.75, 3.05) is 12.4 Å². The summed E-state index contributed by atoms with van der Waals surface area (Å²) in [6, 6.07) is 14.7. The van der Waals surface area contributed by atoms with Crippen LogP contribution < -0.4 is 15.4 Å². The molecule has 0 bridgehead atoms. The Balaban J connectivity index is 1.92. The molecule has 0 unspecified atom stereocenters. The quantitative estimate of drug-likeness (QED) is 0.372. The van der Waals surface area contributed by atoms with Crippen LogP contribution in [0.15, 0.2) is 59.1 Å². The van der Waals surface area contributed by atoms with Gasteiger partial charge in [0.05, 0.1) is 7.11 Å². The summed E-state index contributed by atoms with van der Waals surface area (Å²) in [6.07, 6.45) is -0.247. The first-order chi connectivity index (χ1) is 18.0. The molecule has 0 aliphatic carbocycles. The Morgan fingerprint density at radius 1 is 1.08 bits per heavy atom. The van der Waals surface area contributed by atoms with Gasteiger partial charge < -0.3 is 24.8 Å². The van der Waals surface area contributed by atoms with E-state index in [1.165, 1.54) is 4.90 Å². The molecule has 0 fully saturated rings. The molecule has 1 aromatic heterocycles. The van der Waals surface area contributed by atoms with Gasteiger partial charge in [-0.15, -0.1) is 0 Å². The Morgan fingerprint density at radius 3 is 2.34 bits per heavy atom. The molecule has 2 N–H and O–H groups in total. The van der Waals surface area contributed by atoms with E-state index in [2.05, 4.69) is 15.8 Å². The third-order valence-corrected chi connectivity index (χ3v) is 5.90. The van der Waals surface area contributed by atoms with Crippen molar-refractivity contribution in [2.24, 2.45) is 0 Å². The largest absolute Gasteiger partial charge is 0.497 e. The van der Waals surface area contributed by atoms with Crippen molar-refractivity contribution in [3.8, 4) is 5.75 Å². The van der Waals surface area contributed by atoms with E-state index in [0.29, 0.717) is 22.1 Å². The summed E-state index contributed by atoms with van der Waals surface area (Å²) in [5.41, 5.74) is 0.712. The summed E-state index contributed by atoms with van der Waals surface area (Å²) in [5, 5.41) is 9.69. The molecule has 2 aromatic carbocycles. The molecule has 202 valence electrons. The van der Waals surface area contributed by atoms with Crippen LogP contribution in [0.1, 0.15) is 56.5 Å². The van der Waals surface area contributed by atoms with Crippen LogP contribution in [-0.2, 0) is 20.9 Å². The highest BCUT2D eigenvalue weighted by Crippen LogP contribution is 2.31. The van der Waals surface area contributed by atoms with E-state index in [-0.39, 0.29) is 37.0 Å². The second kappa shape index (κ2) is 12.6. The third kappa shape index (κ3) is 8.08. The van der Waals surface area contributed by atoms with Crippen molar-refractivity contribution in [3.63, 3.8) is 0 Å². The highest BCUT2D eigenvalue weighted by atomic mass is 35.5. The molecule has 0 aliphatic heterocycles. The Labute approximate surface area is 227 Å². The lowest BCUT2D eigenvalue weighted by Crippen LogP contribution is -2.49. The van der Waals surface area contributed by atoms with Gasteiger partial charge in [-0.3, -0.25) is 14.4 Å². The standard InChI is InChI=1S/C28H33ClN4O5/c1-18-16-23(32-38-18)30-24(34)14-15-25(35)33(17-19-10-12-20(37-5)13-11-19)26(27(36)31-28(2,3)4)21-8-6-7-9-22(21)29/h6-13,16,26H,14-15,17H2,1-5H3,(H,31,36)(H,30,32,34)/t26-/m0/s1. The maximum Gasteiger partial charge on any atom is 0.247 e. The number of hydrogen-bond acceptors (Lipinski definition) is 6. The van der Waals surface area contributed by atoms with Gasteiger partial charge in [-0.05, 0) is 51.5 Å². The average molecular weight is 541 g/mol. The Hall–Kier alpha value is -3.85. The first kappa shape index (κ1) is 28.7. The van der Waals surface area contributed by atoms with Crippen molar-refractivity contribution in [1.29, 1.82) is 0 Å². The zero-order chi connectivity index (χ0) is 27.9. The summed E-state index contributed by atoms with van der Waals surface area (Å²) in [4.78, 5) is 41.3. The third-order valence-electron chi connectivity index (χ3n) is 5.55. The Morgan fingerprint density at radius 2 is 1.76 bits per heavy atom. The van der Waals surface area contributed by atoms with Crippen LogP contribution in [0.5, 0.6) is 5.75 Å². The molecule has 3 amide bonds. The molecule has 10 heteroatoms. The maximum absolute atomic E-state index is 13.7. The van der Waals surface area contributed by atoms with Crippen LogP contribution in [-0.4, -0.2) is 40.4 Å². The van der Waals surface area contributed by atoms with E-state index in [0.717, 1.165) is 5.56 Å². The number of nitrogens with zero attached hydrogens (tertiary/aromatic N) is 2. The van der Waals surface area contributed by atoms with Crippen molar-refractivity contribution in [3.05, 3.63) is 76.5 Å². The molecule has 1 heterocycles.